The highest BCUT2D eigenvalue weighted by molar-refractivity contribution is 7.80. The second kappa shape index (κ2) is 7.06. The van der Waals surface area contributed by atoms with E-state index in [1.54, 1.807) is 36.4 Å². The second-order valence-electron chi connectivity index (χ2n) is 4.23. The fourth-order valence-electron chi connectivity index (χ4n) is 1.55. The quantitative estimate of drug-likeness (QED) is 0.667. The molecule has 0 aliphatic heterocycles. The van der Waals surface area contributed by atoms with Crippen molar-refractivity contribution < 1.29 is 9.21 Å². The number of furan rings is 1. The highest BCUT2D eigenvalue weighted by Crippen LogP contribution is 2.13. The number of thiocarbonyl (C=S) groups is 1. The molecule has 2 N–H and O–H groups in total. The molecule has 21 heavy (non-hydrogen) atoms. The maximum atomic E-state index is 11.7. The Labute approximate surface area is 132 Å². The van der Waals surface area contributed by atoms with Crippen LogP contribution >= 0.6 is 23.8 Å². The first-order valence-corrected chi connectivity index (χ1v) is 6.93. The van der Waals surface area contributed by atoms with Crippen molar-refractivity contribution in [3.63, 3.8) is 0 Å². The minimum Gasteiger partial charge on any atom is -0.462 e. The molecule has 0 radical (unpaired) electrons. The average Bonchev–Trinajstić information content (AvgIpc) is 2.85. The summed E-state index contributed by atoms with van der Waals surface area (Å²) in [6.45, 7) is 1.84. The topological polar surface area (TPSA) is 54.3 Å². The van der Waals surface area contributed by atoms with Crippen molar-refractivity contribution in [3.05, 3.63) is 59.0 Å². The molecular formula is C15H13ClN2O2S. The van der Waals surface area contributed by atoms with Gasteiger partial charge in [-0.15, -0.1) is 0 Å². The minimum absolute atomic E-state index is 0.211. The molecule has 2 rings (SSSR count). The van der Waals surface area contributed by atoms with Gasteiger partial charge in [0.15, 0.2) is 5.11 Å². The largest absolute Gasteiger partial charge is 0.462 e. The summed E-state index contributed by atoms with van der Waals surface area (Å²) in [5, 5.41) is 6.27. The van der Waals surface area contributed by atoms with E-state index in [0.717, 1.165) is 11.4 Å². The Hall–Kier alpha value is -2.11. The van der Waals surface area contributed by atoms with E-state index in [1.807, 2.05) is 13.0 Å². The van der Waals surface area contributed by atoms with Gasteiger partial charge in [0.25, 0.3) is 0 Å². The molecule has 0 saturated heterocycles. The Morgan fingerprint density at radius 2 is 1.95 bits per heavy atom. The van der Waals surface area contributed by atoms with Crippen LogP contribution < -0.4 is 10.6 Å². The molecule has 0 unspecified atom stereocenters. The molecule has 4 nitrogen and oxygen atoms in total. The van der Waals surface area contributed by atoms with Crippen LogP contribution in [0, 0.1) is 6.92 Å². The van der Waals surface area contributed by atoms with Gasteiger partial charge in [-0.2, -0.15) is 0 Å². The van der Waals surface area contributed by atoms with Gasteiger partial charge in [0.2, 0.25) is 5.91 Å². The summed E-state index contributed by atoms with van der Waals surface area (Å²) in [7, 11) is 0. The first-order valence-electron chi connectivity index (χ1n) is 6.15. The molecule has 0 aliphatic carbocycles. The molecule has 0 fully saturated rings. The van der Waals surface area contributed by atoms with Crippen molar-refractivity contribution in [1.82, 2.24) is 5.32 Å². The van der Waals surface area contributed by atoms with E-state index >= 15 is 0 Å². The highest BCUT2D eigenvalue weighted by Gasteiger charge is 2.02. The Kier molecular flexibility index (Phi) is 5.14. The zero-order chi connectivity index (χ0) is 15.2. The fraction of sp³-hybridized carbons (Fsp3) is 0.0667. The van der Waals surface area contributed by atoms with Gasteiger partial charge < -0.3 is 9.73 Å². The van der Waals surface area contributed by atoms with Gasteiger partial charge in [0.05, 0.1) is 0 Å². The van der Waals surface area contributed by atoms with E-state index in [1.165, 1.54) is 6.08 Å². The number of halogens is 1. The number of nitrogens with one attached hydrogen (secondary N) is 2. The lowest BCUT2D eigenvalue weighted by Crippen LogP contribution is -2.32. The molecule has 0 atom stereocenters. The zero-order valence-electron chi connectivity index (χ0n) is 11.2. The molecular weight excluding hydrogens is 308 g/mol. The van der Waals surface area contributed by atoms with Crippen molar-refractivity contribution in [2.75, 3.05) is 5.32 Å². The lowest BCUT2D eigenvalue weighted by molar-refractivity contribution is -0.115. The third kappa shape index (κ3) is 5.06. The van der Waals surface area contributed by atoms with Gasteiger partial charge in [0, 0.05) is 16.8 Å². The van der Waals surface area contributed by atoms with Crippen LogP contribution in [0.15, 0.2) is 46.9 Å². The molecule has 1 amide bonds. The Morgan fingerprint density at radius 3 is 2.57 bits per heavy atom. The third-order valence-corrected chi connectivity index (χ3v) is 2.96. The highest BCUT2D eigenvalue weighted by atomic mass is 35.5. The predicted molar refractivity (Wildman–Crippen MR) is 88.3 cm³/mol. The van der Waals surface area contributed by atoms with Crippen molar-refractivity contribution >= 4 is 46.6 Å². The number of carbonyl (C=O) groups excluding carboxylic acids is 1. The monoisotopic (exact) mass is 320 g/mol. The van der Waals surface area contributed by atoms with Crippen LogP contribution in [-0.2, 0) is 4.79 Å². The van der Waals surface area contributed by atoms with Gasteiger partial charge in [-0.05, 0) is 61.6 Å². The SMILES string of the molecule is Cc1ccc(/C=C/C(=O)NC(=S)Nc2ccc(Cl)cc2)o1. The fourth-order valence-corrected chi connectivity index (χ4v) is 1.89. The number of rotatable bonds is 3. The number of amides is 1. The molecule has 0 aliphatic rings. The standard InChI is InChI=1S/C15H13ClN2O2S/c1-10-2-7-13(20-10)8-9-14(19)18-15(21)17-12-5-3-11(16)4-6-12/h2-9H,1H3,(H2,17,18,19,21)/b9-8+. The maximum Gasteiger partial charge on any atom is 0.250 e. The number of hydrogen-bond acceptors (Lipinski definition) is 3. The van der Waals surface area contributed by atoms with E-state index in [-0.39, 0.29) is 11.0 Å². The molecule has 1 heterocycles. The number of benzene rings is 1. The van der Waals surface area contributed by atoms with E-state index in [4.69, 9.17) is 28.2 Å². The first-order chi connectivity index (χ1) is 10.0. The van der Waals surface area contributed by atoms with E-state index in [2.05, 4.69) is 10.6 Å². The molecule has 1 aromatic heterocycles. The third-order valence-electron chi connectivity index (χ3n) is 2.50. The summed E-state index contributed by atoms with van der Waals surface area (Å²) in [5.41, 5.74) is 0.746. The van der Waals surface area contributed by atoms with Gasteiger partial charge >= 0.3 is 0 Å². The smallest absolute Gasteiger partial charge is 0.250 e. The van der Waals surface area contributed by atoms with E-state index < -0.39 is 0 Å². The van der Waals surface area contributed by atoms with Crippen LogP contribution in [0.1, 0.15) is 11.5 Å². The summed E-state index contributed by atoms with van der Waals surface area (Å²) in [6.07, 6.45) is 2.93. The predicted octanol–water partition coefficient (Wildman–Crippen LogP) is 3.77. The van der Waals surface area contributed by atoms with Gasteiger partial charge in [-0.1, -0.05) is 11.6 Å². The number of anilines is 1. The van der Waals surface area contributed by atoms with Crippen LogP contribution in [0.3, 0.4) is 0 Å². The number of hydrogen-bond donors (Lipinski definition) is 2. The first kappa shape index (κ1) is 15.3. The second-order valence-corrected chi connectivity index (χ2v) is 5.08. The normalized spacial score (nSPS) is 10.6. The van der Waals surface area contributed by atoms with Gasteiger partial charge in [0.1, 0.15) is 11.5 Å². The molecule has 0 spiro atoms. The van der Waals surface area contributed by atoms with Gasteiger partial charge in [-0.25, -0.2) is 0 Å². The molecule has 108 valence electrons. The summed E-state index contributed by atoms with van der Waals surface area (Å²) in [5.74, 6) is 1.06. The number of aryl methyl sites for hydroxylation is 1. The van der Waals surface area contributed by atoms with Gasteiger partial charge in [-0.3, -0.25) is 10.1 Å². The zero-order valence-corrected chi connectivity index (χ0v) is 12.8. The Morgan fingerprint density at radius 1 is 1.24 bits per heavy atom. The molecule has 0 saturated carbocycles. The summed E-state index contributed by atoms with van der Waals surface area (Å²) < 4.78 is 5.32. The lowest BCUT2D eigenvalue weighted by atomic mass is 10.3. The van der Waals surface area contributed by atoms with Crippen molar-refractivity contribution in [1.29, 1.82) is 0 Å². The van der Waals surface area contributed by atoms with Crippen LogP contribution in [0.2, 0.25) is 5.02 Å². The lowest BCUT2D eigenvalue weighted by Gasteiger charge is -2.07. The minimum atomic E-state index is -0.337. The van der Waals surface area contributed by atoms with E-state index in [9.17, 15) is 4.79 Å². The summed E-state index contributed by atoms with van der Waals surface area (Å²) in [6, 6.07) is 10.6. The van der Waals surface area contributed by atoms with Crippen LogP contribution in [0.25, 0.3) is 6.08 Å². The van der Waals surface area contributed by atoms with Crippen LogP contribution in [0.4, 0.5) is 5.69 Å². The Bertz CT molecular complexity index is 677. The molecule has 0 bridgehead atoms. The molecule has 2 aromatic rings. The van der Waals surface area contributed by atoms with E-state index in [0.29, 0.717) is 10.8 Å². The van der Waals surface area contributed by atoms with Crippen molar-refractivity contribution in [2.45, 2.75) is 6.92 Å². The van der Waals surface area contributed by atoms with Crippen LogP contribution in [-0.4, -0.2) is 11.0 Å². The average molecular weight is 321 g/mol. The summed E-state index contributed by atoms with van der Waals surface area (Å²) in [4.78, 5) is 11.7. The molecule has 6 heteroatoms. The Balaban J connectivity index is 1.86. The molecule has 1 aromatic carbocycles. The number of carbonyl (C=O) groups is 1. The maximum absolute atomic E-state index is 11.7. The summed E-state index contributed by atoms with van der Waals surface area (Å²) >= 11 is 10.8. The van der Waals surface area contributed by atoms with Crippen LogP contribution in [0.5, 0.6) is 0 Å². The van der Waals surface area contributed by atoms with Crippen molar-refractivity contribution in [2.24, 2.45) is 0 Å². The van der Waals surface area contributed by atoms with Crippen molar-refractivity contribution in [3.8, 4) is 0 Å².